The Hall–Kier alpha value is -1.38. The molecule has 4 nitrogen and oxygen atoms in total. The van der Waals surface area contributed by atoms with Crippen LogP contribution in [0.15, 0.2) is 24.3 Å². The lowest BCUT2D eigenvalue weighted by molar-refractivity contribution is 0.242. The molecule has 15 heavy (non-hydrogen) atoms. The largest absolute Gasteiger partial charge is 0.268 e. The highest BCUT2D eigenvalue weighted by atomic mass is 32.2. The van der Waals surface area contributed by atoms with E-state index in [2.05, 4.69) is 0 Å². The number of benzene rings is 1. The molecule has 0 spiro atoms. The van der Waals surface area contributed by atoms with E-state index in [1.807, 2.05) is 6.07 Å². The van der Waals surface area contributed by atoms with Gasteiger partial charge in [-0.25, -0.2) is 0 Å². The van der Waals surface area contributed by atoms with Crippen molar-refractivity contribution < 1.29 is 12.6 Å². The van der Waals surface area contributed by atoms with Gasteiger partial charge in [-0.1, -0.05) is 12.1 Å². The van der Waals surface area contributed by atoms with Crippen molar-refractivity contribution in [2.45, 2.75) is 12.5 Å². The molecule has 0 bridgehead atoms. The Labute approximate surface area is 88.2 Å². The van der Waals surface area contributed by atoms with E-state index in [0.29, 0.717) is 12.0 Å². The molecule has 0 amide bonds. The van der Waals surface area contributed by atoms with Crippen LogP contribution in [0.1, 0.15) is 23.7 Å². The first-order valence-electron chi connectivity index (χ1n) is 4.52. The molecular weight excluding hydrogens is 214 g/mol. The lowest BCUT2D eigenvalue weighted by Crippen LogP contribution is -2.00. The third-order valence-electron chi connectivity index (χ3n) is 2.30. The van der Waals surface area contributed by atoms with Crippen molar-refractivity contribution in [3.05, 3.63) is 35.4 Å². The molecule has 5 heteroatoms. The second-order valence-corrected chi connectivity index (χ2v) is 5.09. The Morgan fingerprint density at radius 3 is 2.47 bits per heavy atom. The Morgan fingerprint density at radius 1 is 1.33 bits per heavy atom. The summed E-state index contributed by atoms with van der Waals surface area (Å²) in [6, 6.07) is 8.77. The minimum atomic E-state index is -3.32. The number of hydrogen-bond donors (Lipinski definition) is 0. The average Bonchev–Trinajstić information content (AvgIpc) is 2.59. The van der Waals surface area contributed by atoms with Crippen LogP contribution in [0.3, 0.4) is 0 Å². The van der Waals surface area contributed by atoms with Crippen molar-refractivity contribution in [1.82, 2.24) is 0 Å². The van der Waals surface area contributed by atoms with Crippen LogP contribution < -0.4 is 0 Å². The van der Waals surface area contributed by atoms with E-state index < -0.39 is 10.1 Å². The Bertz CT molecular complexity index is 498. The summed E-state index contributed by atoms with van der Waals surface area (Å²) in [6.45, 7) is 0. The van der Waals surface area contributed by atoms with Gasteiger partial charge < -0.3 is 0 Å². The molecule has 1 saturated heterocycles. The Morgan fingerprint density at radius 2 is 2.00 bits per heavy atom. The summed E-state index contributed by atoms with van der Waals surface area (Å²) in [5, 5.41) is 8.60. The van der Waals surface area contributed by atoms with Gasteiger partial charge in [0, 0.05) is 0 Å². The van der Waals surface area contributed by atoms with Crippen molar-refractivity contribution in [3.8, 4) is 6.07 Å². The molecule has 0 aliphatic carbocycles. The lowest BCUT2D eigenvalue weighted by Gasteiger charge is -2.07. The zero-order chi connectivity index (χ0) is 10.9. The summed E-state index contributed by atoms with van der Waals surface area (Å²) < 4.78 is 27.0. The molecule has 1 fully saturated rings. The van der Waals surface area contributed by atoms with E-state index in [1.54, 1.807) is 24.3 Å². The molecule has 1 atom stereocenters. The predicted octanol–water partition coefficient (Wildman–Crippen LogP) is 1.35. The number of rotatable bonds is 1. The zero-order valence-corrected chi connectivity index (χ0v) is 8.70. The van der Waals surface area contributed by atoms with Gasteiger partial charge in [-0.15, -0.1) is 0 Å². The van der Waals surface area contributed by atoms with Gasteiger partial charge in [-0.2, -0.15) is 13.7 Å². The van der Waals surface area contributed by atoms with Gasteiger partial charge in [-0.3, -0.25) is 4.18 Å². The van der Waals surface area contributed by atoms with Gasteiger partial charge in [0.15, 0.2) is 0 Å². The molecule has 78 valence electrons. The third-order valence-corrected chi connectivity index (χ3v) is 3.57. The van der Waals surface area contributed by atoms with Crippen LogP contribution >= 0.6 is 0 Å². The smallest absolute Gasteiger partial charge is 0.262 e. The molecule has 1 aliphatic heterocycles. The van der Waals surface area contributed by atoms with E-state index in [4.69, 9.17) is 9.44 Å². The molecule has 0 saturated carbocycles. The number of nitrogens with zero attached hydrogens (tertiary/aromatic N) is 1. The summed E-state index contributed by atoms with van der Waals surface area (Å²) in [4.78, 5) is 0. The van der Waals surface area contributed by atoms with E-state index in [0.717, 1.165) is 5.56 Å². The SMILES string of the molecule is N#Cc1ccc(C2CCS(=O)(=O)O2)cc1. The number of nitriles is 1. The monoisotopic (exact) mass is 223 g/mol. The van der Waals surface area contributed by atoms with E-state index in [9.17, 15) is 8.42 Å². The number of hydrogen-bond acceptors (Lipinski definition) is 4. The fraction of sp³-hybridized carbons (Fsp3) is 0.300. The van der Waals surface area contributed by atoms with Crippen molar-refractivity contribution in [3.63, 3.8) is 0 Å². The van der Waals surface area contributed by atoms with Crippen LogP contribution in [0.2, 0.25) is 0 Å². The predicted molar refractivity (Wildman–Crippen MR) is 53.4 cm³/mol. The molecular formula is C10H9NO3S. The summed E-state index contributed by atoms with van der Waals surface area (Å²) in [6.07, 6.45) is 0.0940. The van der Waals surface area contributed by atoms with Crippen molar-refractivity contribution in [2.24, 2.45) is 0 Å². The average molecular weight is 223 g/mol. The molecule has 0 N–H and O–H groups in total. The van der Waals surface area contributed by atoms with Crippen molar-refractivity contribution in [2.75, 3.05) is 5.75 Å². The molecule has 0 aromatic heterocycles. The molecule has 1 unspecified atom stereocenters. The van der Waals surface area contributed by atoms with Crippen LogP contribution in [0.4, 0.5) is 0 Å². The summed E-state index contributed by atoms with van der Waals surface area (Å²) in [5.74, 6) is 0.0671. The molecule has 0 radical (unpaired) electrons. The normalized spacial score (nSPS) is 23.5. The van der Waals surface area contributed by atoms with Crippen LogP contribution in [-0.2, 0) is 14.3 Å². The van der Waals surface area contributed by atoms with E-state index in [1.165, 1.54) is 0 Å². The molecule has 1 aliphatic rings. The maximum Gasteiger partial charge on any atom is 0.268 e. The highest BCUT2D eigenvalue weighted by molar-refractivity contribution is 7.86. The summed E-state index contributed by atoms with van der Waals surface area (Å²) >= 11 is 0. The molecule has 1 aromatic carbocycles. The summed E-state index contributed by atoms with van der Waals surface area (Å²) in [7, 11) is -3.32. The summed E-state index contributed by atoms with van der Waals surface area (Å²) in [5.41, 5.74) is 1.36. The second-order valence-electron chi connectivity index (χ2n) is 3.37. The molecule has 1 aromatic rings. The topological polar surface area (TPSA) is 67.2 Å². The standard InChI is InChI=1S/C10H9NO3S/c11-7-8-1-3-9(4-2-8)10-5-6-15(12,13)14-10/h1-4,10H,5-6H2. The van der Waals surface area contributed by atoms with Crippen LogP contribution in [0.25, 0.3) is 0 Å². The fourth-order valence-electron chi connectivity index (χ4n) is 1.52. The second kappa shape index (κ2) is 3.65. The highest BCUT2D eigenvalue weighted by Gasteiger charge is 2.29. The lowest BCUT2D eigenvalue weighted by atomic mass is 10.1. The maximum absolute atomic E-state index is 11.1. The first-order chi connectivity index (χ1) is 7.11. The van der Waals surface area contributed by atoms with Crippen molar-refractivity contribution in [1.29, 1.82) is 5.26 Å². The maximum atomic E-state index is 11.1. The highest BCUT2D eigenvalue weighted by Crippen LogP contribution is 2.30. The minimum Gasteiger partial charge on any atom is -0.262 e. The van der Waals surface area contributed by atoms with Gasteiger partial charge in [0.05, 0.1) is 17.4 Å². The van der Waals surface area contributed by atoms with Gasteiger partial charge in [-0.05, 0) is 24.1 Å². The third kappa shape index (κ3) is 2.17. The Kier molecular flexibility index (Phi) is 2.47. The van der Waals surface area contributed by atoms with Crippen LogP contribution in [0.5, 0.6) is 0 Å². The van der Waals surface area contributed by atoms with Gasteiger partial charge in [0.1, 0.15) is 6.10 Å². The quantitative estimate of drug-likeness (QED) is 0.674. The fourth-order valence-corrected chi connectivity index (χ4v) is 2.68. The van der Waals surface area contributed by atoms with Gasteiger partial charge in [0.2, 0.25) is 0 Å². The molecule has 1 heterocycles. The van der Waals surface area contributed by atoms with E-state index in [-0.39, 0.29) is 11.9 Å². The van der Waals surface area contributed by atoms with Gasteiger partial charge >= 0.3 is 0 Å². The zero-order valence-electron chi connectivity index (χ0n) is 7.88. The van der Waals surface area contributed by atoms with E-state index >= 15 is 0 Å². The van der Waals surface area contributed by atoms with Crippen LogP contribution in [0, 0.1) is 11.3 Å². The molecule has 2 rings (SSSR count). The van der Waals surface area contributed by atoms with Crippen molar-refractivity contribution >= 4 is 10.1 Å². The first-order valence-corrected chi connectivity index (χ1v) is 6.09. The first kappa shape index (κ1) is 10.1. The van der Waals surface area contributed by atoms with Gasteiger partial charge in [0.25, 0.3) is 10.1 Å². The van der Waals surface area contributed by atoms with Crippen LogP contribution in [-0.4, -0.2) is 14.2 Å². The minimum absolute atomic E-state index is 0.0671. The Balaban J connectivity index is 2.22.